The summed E-state index contributed by atoms with van der Waals surface area (Å²) in [4.78, 5) is 22.0. The lowest BCUT2D eigenvalue weighted by molar-refractivity contribution is -0.384. The second-order valence-corrected chi connectivity index (χ2v) is 4.51. The number of rotatable bonds is 4. The molecule has 0 spiro atoms. The summed E-state index contributed by atoms with van der Waals surface area (Å²) in [5, 5.41) is 10.5. The first-order valence-corrected chi connectivity index (χ1v) is 6.00. The Morgan fingerprint density at radius 3 is 2.40 bits per heavy atom. The van der Waals surface area contributed by atoms with E-state index in [0.29, 0.717) is 5.56 Å². The number of hydrogen-bond donors (Lipinski definition) is 0. The molecule has 0 saturated carbocycles. The van der Waals surface area contributed by atoms with Crippen molar-refractivity contribution in [3.8, 4) is 0 Å². The zero-order valence-electron chi connectivity index (χ0n) is 10.8. The fraction of sp³-hybridized carbons (Fsp3) is 0.133. The van der Waals surface area contributed by atoms with Gasteiger partial charge in [0.05, 0.1) is 10.5 Å². The minimum Gasteiger partial charge on any atom is -0.294 e. The highest BCUT2D eigenvalue weighted by Gasteiger charge is 2.13. The number of carbonyl (C=O) groups is 1. The first-order chi connectivity index (χ1) is 9.47. The van der Waals surface area contributed by atoms with Gasteiger partial charge in [-0.05, 0) is 30.2 Å². The summed E-state index contributed by atoms with van der Waals surface area (Å²) in [6, 6.07) is 10.1. The van der Waals surface area contributed by atoms with Crippen molar-refractivity contribution in [1.29, 1.82) is 0 Å². The van der Waals surface area contributed by atoms with Gasteiger partial charge in [-0.1, -0.05) is 18.2 Å². The zero-order valence-corrected chi connectivity index (χ0v) is 10.8. The molecule has 0 fully saturated rings. The van der Waals surface area contributed by atoms with Crippen LogP contribution < -0.4 is 0 Å². The highest BCUT2D eigenvalue weighted by molar-refractivity contribution is 5.97. The highest BCUT2D eigenvalue weighted by atomic mass is 19.1. The third kappa shape index (κ3) is 3.06. The maximum atomic E-state index is 13.7. The van der Waals surface area contributed by atoms with Gasteiger partial charge in [0.1, 0.15) is 5.82 Å². The fourth-order valence-corrected chi connectivity index (χ4v) is 1.86. The number of nitro benzene ring substituents is 1. The van der Waals surface area contributed by atoms with Crippen molar-refractivity contribution in [2.75, 3.05) is 0 Å². The van der Waals surface area contributed by atoms with Gasteiger partial charge < -0.3 is 0 Å². The molecule has 5 heteroatoms. The molecule has 0 aliphatic carbocycles. The molecule has 20 heavy (non-hydrogen) atoms. The fourth-order valence-electron chi connectivity index (χ4n) is 1.86. The molecule has 0 saturated heterocycles. The molecule has 0 bridgehead atoms. The molecule has 102 valence electrons. The molecule has 0 aromatic heterocycles. The molecule has 0 radical (unpaired) electrons. The summed E-state index contributed by atoms with van der Waals surface area (Å²) >= 11 is 0. The number of nitrogens with zero attached hydrogens (tertiary/aromatic N) is 1. The topological polar surface area (TPSA) is 60.2 Å². The second-order valence-electron chi connectivity index (χ2n) is 4.51. The van der Waals surface area contributed by atoms with Crippen LogP contribution in [0.3, 0.4) is 0 Å². The monoisotopic (exact) mass is 273 g/mol. The van der Waals surface area contributed by atoms with E-state index in [9.17, 15) is 19.3 Å². The van der Waals surface area contributed by atoms with Gasteiger partial charge in [-0.25, -0.2) is 4.39 Å². The van der Waals surface area contributed by atoms with Gasteiger partial charge in [-0.15, -0.1) is 0 Å². The molecule has 0 aliphatic heterocycles. The van der Waals surface area contributed by atoms with Gasteiger partial charge in [0.15, 0.2) is 5.78 Å². The molecule has 2 aromatic rings. The third-order valence-electron chi connectivity index (χ3n) is 2.94. The van der Waals surface area contributed by atoms with Crippen molar-refractivity contribution in [1.82, 2.24) is 0 Å². The van der Waals surface area contributed by atoms with Crippen molar-refractivity contribution in [3.63, 3.8) is 0 Å². The molecule has 0 heterocycles. The van der Waals surface area contributed by atoms with E-state index in [1.165, 1.54) is 36.4 Å². The average molecular weight is 273 g/mol. The molecule has 2 aromatic carbocycles. The van der Waals surface area contributed by atoms with E-state index >= 15 is 0 Å². The number of halogens is 1. The van der Waals surface area contributed by atoms with E-state index in [4.69, 9.17) is 0 Å². The van der Waals surface area contributed by atoms with Crippen LogP contribution in [0.25, 0.3) is 0 Å². The standard InChI is InChI=1S/C15H12FNO3/c1-10-2-7-13(14(16)8-10)15(18)9-11-3-5-12(6-4-11)17(19)20/h2-8H,9H2,1H3. The van der Waals surface area contributed by atoms with E-state index in [1.807, 2.05) is 0 Å². The molecule has 0 unspecified atom stereocenters. The highest BCUT2D eigenvalue weighted by Crippen LogP contribution is 2.16. The molecular formula is C15H12FNO3. The molecule has 4 nitrogen and oxygen atoms in total. The van der Waals surface area contributed by atoms with Crippen molar-refractivity contribution < 1.29 is 14.1 Å². The largest absolute Gasteiger partial charge is 0.294 e. The van der Waals surface area contributed by atoms with Gasteiger partial charge in [-0.3, -0.25) is 14.9 Å². The van der Waals surface area contributed by atoms with Gasteiger partial charge >= 0.3 is 0 Å². The quantitative estimate of drug-likeness (QED) is 0.487. The average Bonchev–Trinajstić information content (AvgIpc) is 2.39. The molecule has 0 amide bonds. The molecule has 0 atom stereocenters. The van der Waals surface area contributed by atoms with Crippen molar-refractivity contribution in [2.45, 2.75) is 13.3 Å². The van der Waals surface area contributed by atoms with Crippen molar-refractivity contribution in [3.05, 3.63) is 75.1 Å². The SMILES string of the molecule is Cc1ccc(C(=O)Cc2ccc([N+](=O)[O-])cc2)c(F)c1. The van der Waals surface area contributed by atoms with Gasteiger partial charge in [-0.2, -0.15) is 0 Å². The second kappa shape index (κ2) is 5.61. The predicted octanol–water partition coefficient (Wildman–Crippen LogP) is 3.47. The van der Waals surface area contributed by atoms with Crippen molar-refractivity contribution in [2.24, 2.45) is 0 Å². The summed E-state index contributed by atoms with van der Waals surface area (Å²) in [5.41, 5.74) is 1.35. The number of non-ortho nitro benzene ring substituents is 1. The van der Waals surface area contributed by atoms with Crippen LogP contribution in [-0.4, -0.2) is 10.7 Å². The number of benzene rings is 2. The Morgan fingerprint density at radius 2 is 1.85 bits per heavy atom. The third-order valence-corrected chi connectivity index (χ3v) is 2.94. The molecule has 0 N–H and O–H groups in total. The zero-order chi connectivity index (χ0) is 14.7. The minimum absolute atomic E-state index is 0.0119. The lowest BCUT2D eigenvalue weighted by atomic mass is 10.0. The van der Waals surface area contributed by atoms with Crippen LogP contribution >= 0.6 is 0 Å². The Balaban J connectivity index is 2.17. The lowest BCUT2D eigenvalue weighted by Crippen LogP contribution is -2.06. The van der Waals surface area contributed by atoms with Crippen LogP contribution in [0.2, 0.25) is 0 Å². The van der Waals surface area contributed by atoms with Gasteiger partial charge in [0.2, 0.25) is 0 Å². The minimum atomic E-state index is -0.545. The molecule has 0 aliphatic rings. The maximum Gasteiger partial charge on any atom is 0.269 e. The summed E-state index contributed by atoms with van der Waals surface area (Å²) in [6.45, 7) is 1.74. The summed E-state index contributed by atoms with van der Waals surface area (Å²) in [7, 11) is 0. The van der Waals surface area contributed by atoms with E-state index in [1.54, 1.807) is 13.0 Å². The van der Waals surface area contributed by atoms with E-state index in [-0.39, 0.29) is 23.5 Å². The molecule has 2 rings (SSSR count). The Hall–Kier alpha value is -2.56. The van der Waals surface area contributed by atoms with Gasteiger partial charge in [0, 0.05) is 18.6 Å². The van der Waals surface area contributed by atoms with Gasteiger partial charge in [0.25, 0.3) is 5.69 Å². The Morgan fingerprint density at radius 1 is 1.20 bits per heavy atom. The van der Waals surface area contributed by atoms with E-state index in [2.05, 4.69) is 0 Å². The van der Waals surface area contributed by atoms with Crippen molar-refractivity contribution >= 4 is 11.5 Å². The lowest BCUT2D eigenvalue weighted by Gasteiger charge is -2.04. The Labute approximate surface area is 115 Å². The normalized spacial score (nSPS) is 10.3. The number of carbonyl (C=O) groups excluding carboxylic acids is 1. The number of Topliss-reactive ketones (excluding diaryl/α,β-unsaturated/α-hetero) is 1. The van der Waals surface area contributed by atoms with Crippen LogP contribution in [0.5, 0.6) is 0 Å². The summed E-state index contributed by atoms with van der Waals surface area (Å²) in [6.07, 6.45) is 0.0119. The Kier molecular flexibility index (Phi) is 3.89. The van der Waals surface area contributed by atoms with Crippen LogP contribution in [0.15, 0.2) is 42.5 Å². The number of hydrogen-bond acceptors (Lipinski definition) is 3. The van der Waals surface area contributed by atoms with E-state index < -0.39 is 10.7 Å². The summed E-state index contributed by atoms with van der Waals surface area (Å²) < 4.78 is 13.7. The number of aryl methyl sites for hydroxylation is 1. The number of ketones is 1. The first kappa shape index (κ1) is 13.9. The van der Waals surface area contributed by atoms with E-state index in [0.717, 1.165) is 5.56 Å². The molecular weight excluding hydrogens is 261 g/mol. The predicted molar refractivity (Wildman–Crippen MR) is 72.3 cm³/mol. The number of nitro groups is 1. The first-order valence-electron chi connectivity index (χ1n) is 6.00. The smallest absolute Gasteiger partial charge is 0.269 e. The van der Waals surface area contributed by atoms with Crippen LogP contribution in [0.1, 0.15) is 21.5 Å². The van der Waals surface area contributed by atoms with Crippen LogP contribution in [0.4, 0.5) is 10.1 Å². The van der Waals surface area contributed by atoms with Crippen LogP contribution in [0, 0.1) is 22.9 Å². The summed E-state index contributed by atoms with van der Waals surface area (Å²) in [5.74, 6) is -0.895. The van der Waals surface area contributed by atoms with Crippen LogP contribution in [-0.2, 0) is 6.42 Å². The Bertz CT molecular complexity index is 665. The maximum absolute atomic E-state index is 13.7.